The molecule has 0 bridgehead atoms. The average molecular weight is 334 g/mol. The first-order valence-corrected chi connectivity index (χ1v) is 9.30. The van der Waals surface area contributed by atoms with Crippen molar-refractivity contribution in [3.63, 3.8) is 0 Å². The molecule has 2 heterocycles. The number of phenols is 1. The zero-order valence-corrected chi connectivity index (χ0v) is 15.6. The van der Waals surface area contributed by atoms with Crippen molar-refractivity contribution in [1.82, 2.24) is 9.88 Å². The number of piperazine rings is 1. The van der Waals surface area contributed by atoms with Crippen molar-refractivity contribution >= 4 is 26.7 Å². The van der Waals surface area contributed by atoms with Crippen LogP contribution in [0.1, 0.15) is 50.7 Å². The molecule has 0 aliphatic carbocycles. The number of hydrogen-bond acceptors (Lipinski definition) is 5. The van der Waals surface area contributed by atoms with Crippen LogP contribution in [0.3, 0.4) is 0 Å². The summed E-state index contributed by atoms with van der Waals surface area (Å²) in [6.45, 7) is 12.7. The minimum Gasteiger partial charge on any atom is -0.507 e. The van der Waals surface area contributed by atoms with Crippen molar-refractivity contribution in [2.45, 2.75) is 39.5 Å². The molecular formula is C18H27N3OS. The standard InChI is InChI=1S/C18H27N3OS/c1-11(2)13-10-14-17(15(12(3)4)16(13)22)23-18(19-14)21-8-6-20(5)7-9-21/h10-12,22H,6-9H2,1-5H3. The smallest absolute Gasteiger partial charge is 0.186 e. The lowest BCUT2D eigenvalue weighted by Gasteiger charge is -2.32. The highest BCUT2D eigenvalue weighted by atomic mass is 32.1. The van der Waals surface area contributed by atoms with Crippen LogP contribution >= 0.6 is 11.3 Å². The Labute approximate surface area is 142 Å². The average Bonchev–Trinajstić information content (AvgIpc) is 2.89. The van der Waals surface area contributed by atoms with Gasteiger partial charge in [-0.15, -0.1) is 0 Å². The molecular weight excluding hydrogens is 306 g/mol. The Morgan fingerprint density at radius 1 is 1.09 bits per heavy atom. The number of phenolic OH excluding ortho intramolecular Hbond substituents is 1. The van der Waals surface area contributed by atoms with E-state index >= 15 is 0 Å². The van der Waals surface area contributed by atoms with E-state index in [0.29, 0.717) is 11.7 Å². The number of rotatable bonds is 3. The van der Waals surface area contributed by atoms with E-state index in [9.17, 15) is 5.11 Å². The molecule has 3 rings (SSSR count). The highest BCUT2D eigenvalue weighted by Crippen LogP contribution is 2.43. The Morgan fingerprint density at radius 2 is 1.74 bits per heavy atom. The Balaban J connectivity index is 2.09. The molecule has 126 valence electrons. The Kier molecular flexibility index (Phi) is 4.52. The molecule has 0 atom stereocenters. The number of likely N-dealkylation sites (N-methyl/N-ethyl adjacent to an activating group) is 1. The molecule has 5 heteroatoms. The Bertz CT molecular complexity index is 700. The maximum absolute atomic E-state index is 10.7. The predicted octanol–water partition coefficient (Wildman–Crippen LogP) is 4.00. The van der Waals surface area contributed by atoms with Crippen molar-refractivity contribution in [2.24, 2.45) is 0 Å². The summed E-state index contributed by atoms with van der Waals surface area (Å²) in [5.74, 6) is 1.05. The van der Waals surface area contributed by atoms with Gasteiger partial charge in [0.2, 0.25) is 0 Å². The first-order chi connectivity index (χ1) is 10.9. The van der Waals surface area contributed by atoms with Gasteiger partial charge in [-0.2, -0.15) is 0 Å². The number of benzene rings is 1. The van der Waals surface area contributed by atoms with Gasteiger partial charge in [-0.05, 0) is 30.5 Å². The van der Waals surface area contributed by atoms with E-state index in [1.165, 1.54) is 0 Å². The molecule has 1 aliphatic heterocycles. The minimum atomic E-state index is 0.289. The van der Waals surface area contributed by atoms with Gasteiger partial charge in [0.15, 0.2) is 5.13 Å². The van der Waals surface area contributed by atoms with Crippen molar-refractivity contribution in [2.75, 3.05) is 38.1 Å². The molecule has 2 aromatic rings. The fourth-order valence-electron chi connectivity index (χ4n) is 3.20. The molecule has 1 saturated heterocycles. The molecule has 1 fully saturated rings. The van der Waals surface area contributed by atoms with E-state index in [2.05, 4.69) is 50.6 Å². The third-order valence-corrected chi connectivity index (χ3v) is 5.85. The van der Waals surface area contributed by atoms with Crippen LogP contribution in [-0.4, -0.2) is 48.2 Å². The van der Waals surface area contributed by atoms with Crippen molar-refractivity contribution < 1.29 is 5.11 Å². The van der Waals surface area contributed by atoms with Gasteiger partial charge in [0.1, 0.15) is 5.75 Å². The Hall–Kier alpha value is -1.33. The molecule has 4 nitrogen and oxygen atoms in total. The second kappa shape index (κ2) is 6.29. The molecule has 0 spiro atoms. The van der Waals surface area contributed by atoms with Gasteiger partial charge in [-0.1, -0.05) is 39.0 Å². The van der Waals surface area contributed by atoms with E-state index in [4.69, 9.17) is 4.98 Å². The second-order valence-electron chi connectivity index (χ2n) is 7.17. The molecule has 1 aliphatic rings. The first kappa shape index (κ1) is 16.5. The van der Waals surface area contributed by atoms with Crippen LogP contribution in [0.2, 0.25) is 0 Å². The van der Waals surface area contributed by atoms with Gasteiger partial charge in [0.25, 0.3) is 0 Å². The number of aromatic hydroxyl groups is 1. The monoisotopic (exact) mass is 333 g/mol. The fraction of sp³-hybridized carbons (Fsp3) is 0.611. The molecule has 1 aromatic heterocycles. The SMILES string of the molecule is CC(C)c1cc2nc(N3CCN(C)CC3)sc2c(C(C)C)c1O. The quantitative estimate of drug-likeness (QED) is 0.921. The molecule has 0 amide bonds. The van der Waals surface area contributed by atoms with Crippen LogP contribution in [-0.2, 0) is 0 Å². The van der Waals surface area contributed by atoms with Gasteiger partial charge in [0.05, 0.1) is 10.2 Å². The summed E-state index contributed by atoms with van der Waals surface area (Å²) in [5.41, 5.74) is 3.11. The summed E-state index contributed by atoms with van der Waals surface area (Å²) in [4.78, 5) is 9.63. The second-order valence-corrected chi connectivity index (χ2v) is 8.15. The lowest BCUT2D eigenvalue weighted by atomic mass is 9.93. The molecule has 0 saturated carbocycles. The van der Waals surface area contributed by atoms with E-state index in [1.807, 2.05) is 0 Å². The van der Waals surface area contributed by atoms with Crippen molar-refractivity contribution in [3.8, 4) is 5.75 Å². The summed E-state index contributed by atoms with van der Waals surface area (Å²) in [5, 5.41) is 11.8. The first-order valence-electron chi connectivity index (χ1n) is 8.48. The van der Waals surface area contributed by atoms with E-state index in [0.717, 1.165) is 52.7 Å². The largest absolute Gasteiger partial charge is 0.507 e. The summed E-state index contributed by atoms with van der Waals surface area (Å²) in [6.07, 6.45) is 0. The number of fused-ring (bicyclic) bond motifs is 1. The molecule has 1 aromatic carbocycles. The summed E-state index contributed by atoms with van der Waals surface area (Å²) in [6, 6.07) is 2.08. The number of anilines is 1. The topological polar surface area (TPSA) is 39.6 Å². The lowest BCUT2D eigenvalue weighted by Crippen LogP contribution is -2.44. The summed E-state index contributed by atoms with van der Waals surface area (Å²) in [7, 11) is 2.17. The number of aromatic nitrogens is 1. The summed E-state index contributed by atoms with van der Waals surface area (Å²) >= 11 is 1.73. The van der Waals surface area contributed by atoms with Crippen LogP contribution in [0, 0.1) is 0 Å². The number of nitrogens with zero attached hydrogens (tertiary/aromatic N) is 3. The van der Waals surface area contributed by atoms with Gasteiger partial charge in [-0.3, -0.25) is 0 Å². The number of hydrogen-bond donors (Lipinski definition) is 1. The fourth-order valence-corrected chi connectivity index (χ4v) is 4.49. The highest BCUT2D eigenvalue weighted by Gasteiger charge is 2.23. The Morgan fingerprint density at radius 3 is 2.30 bits per heavy atom. The van der Waals surface area contributed by atoms with E-state index < -0.39 is 0 Å². The molecule has 23 heavy (non-hydrogen) atoms. The van der Waals surface area contributed by atoms with Crippen LogP contribution in [0.4, 0.5) is 5.13 Å². The van der Waals surface area contributed by atoms with E-state index in [-0.39, 0.29) is 5.92 Å². The van der Waals surface area contributed by atoms with Gasteiger partial charge in [-0.25, -0.2) is 4.98 Å². The lowest BCUT2D eigenvalue weighted by molar-refractivity contribution is 0.313. The zero-order chi connectivity index (χ0) is 16.7. The van der Waals surface area contributed by atoms with Crippen molar-refractivity contribution in [1.29, 1.82) is 0 Å². The van der Waals surface area contributed by atoms with Crippen LogP contribution < -0.4 is 4.90 Å². The maximum Gasteiger partial charge on any atom is 0.186 e. The van der Waals surface area contributed by atoms with E-state index in [1.54, 1.807) is 11.3 Å². The van der Waals surface area contributed by atoms with Crippen molar-refractivity contribution in [3.05, 3.63) is 17.2 Å². The van der Waals surface area contributed by atoms with Crippen LogP contribution in [0.15, 0.2) is 6.07 Å². The van der Waals surface area contributed by atoms with Crippen LogP contribution in [0.5, 0.6) is 5.75 Å². The third kappa shape index (κ3) is 3.04. The summed E-state index contributed by atoms with van der Waals surface area (Å²) < 4.78 is 1.15. The highest BCUT2D eigenvalue weighted by molar-refractivity contribution is 7.22. The van der Waals surface area contributed by atoms with Gasteiger partial charge in [0, 0.05) is 31.7 Å². The molecule has 0 unspecified atom stereocenters. The van der Waals surface area contributed by atoms with Crippen LogP contribution in [0.25, 0.3) is 10.2 Å². The minimum absolute atomic E-state index is 0.289. The normalized spacial score (nSPS) is 16.9. The maximum atomic E-state index is 10.7. The number of thiazole rings is 1. The zero-order valence-electron chi connectivity index (χ0n) is 14.8. The molecule has 1 N–H and O–H groups in total. The third-order valence-electron chi connectivity index (χ3n) is 4.68. The predicted molar refractivity (Wildman–Crippen MR) is 99.2 cm³/mol. The molecule has 0 radical (unpaired) electrons. The van der Waals surface area contributed by atoms with Gasteiger partial charge < -0.3 is 14.9 Å². The van der Waals surface area contributed by atoms with Gasteiger partial charge >= 0.3 is 0 Å².